The molecule has 2 aromatic rings. The van der Waals surface area contributed by atoms with Crippen molar-refractivity contribution in [3.8, 4) is 5.75 Å². The second-order valence-electron chi connectivity index (χ2n) is 3.56. The van der Waals surface area contributed by atoms with Gasteiger partial charge in [-0.05, 0) is 18.4 Å². The molecule has 15 heavy (non-hydrogen) atoms. The minimum Gasteiger partial charge on any atom is -0.489 e. The third-order valence-electron chi connectivity index (χ3n) is 2.30. The quantitative estimate of drug-likeness (QED) is 0.762. The zero-order valence-electron chi connectivity index (χ0n) is 8.61. The highest BCUT2D eigenvalue weighted by molar-refractivity contribution is 9.09. The Morgan fingerprint density at radius 1 is 1.13 bits per heavy atom. The molecule has 0 aliphatic carbocycles. The number of alkyl halides is 1. The number of fused-ring (bicyclic) bond motifs is 1. The van der Waals surface area contributed by atoms with Gasteiger partial charge in [0.25, 0.3) is 0 Å². The molecule has 1 nitrogen and oxygen atoms in total. The molecule has 0 radical (unpaired) electrons. The Hall–Kier alpha value is -1.02. The molecule has 2 heteroatoms. The van der Waals surface area contributed by atoms with Crippen LogP contribution in [0.1, 0.15) is 6.92 Å². The summed E-state index contributed by atoms with van der Waals surface area (Å²) in [5.41, 5.74) is 0. The van der Waals surface area contributed by atoms with E-state index in [1.807, 2.05) is 24.3 Å². The van der Waals surface area contributed by atoms with E-state index in [1.165, 1.54) is 10.8 Å². The number of rotatable bonds is 3. The molecule has 0 bridgehead atoms. The molecule has 0 amide bonds. The lowest BCUT2D eigenvalue weighted by Gasteiger charge is -2.13. The monoisotopic (exact) mass is 264 g/mol. The molecule has 2 rings (SSSR count). The molecule has 0 aliphatic heterocycles. The normalized spacial score (nSPS) is 12.7. The average molecular weight is 265 g/mol. The number of hydrogen-bond acceptors (Lipinski definition) is 1. The van der Waals surface area contributed by atoms with Crippen LogP contribution in [0.2, 0.25) is 0 Å². The summed E-state index contributed by atoms with van der Waals surface area (Å²) in [4.78, 5) is 0. The van der Waals surface area contributed by atoms with Crippen LogP contribution in [0.5, 0.6) is 5.75 Å². The summed E-state index contributed by atoms with van der Waals surface area (Å²) in [5.74, 6) is 0.958. The third-order valence-corrected chi connectivity index (χ3v) is 3.21. The molecule has 78 valence electrons. The molecule has 0 aromatic heterocycles. The van der Waals surface area contributed by atoms with Gasteiger partial charge in [0.2, 0.25) is 0 Å². The summed E-state index contributed by atoms with van der Waals surface area (Å²) >= 11 is 3.41. The van der Waals surface area contributed by atoms with Crippen molar-refractivity contribution in [3.05, 3.63) is 42.5 Å². The summed E-state index contributed by atoms with van der Waals surface area (Å²) in [7, 11) is 0. The van der Waals surface area contributed by atoms with Crippen LogP contribution < -0.4 is 4.74 Å². The second kappa shape index (κ2) is 4.67. The highest BCUT2D eigenvalue weighted by atomic mass is 79.9. The van der Waals surface area contributed by atoms with Crippen LogP contribution in [0.15, 0.2) is 42.5 Å². The van der Waals surface area contributed by atoms with Crippen LogP contribution >= 0.6 is 15.9 Å². The Kier molecular flexibility index (Phi) is 3.27. The van der Waals surface area contributed by atoms with E-state index in [0.717, 1.165) is 11.1 Å². The zero-order valence-corrected chi connectivity index (χ0v) is 10.2. The van der Waals surface area contributed by atoms with E-state index in [0.29, 0.717) is 0 Å². The van der Waals surface area contributed by atoms with Gasteiger partial charge in [-0.1, -0.05) is 52.3 Å². The third kappa shape index (κ3) is 2.32. The smallest absolute Gasteiger partial charge is 0.127 e. The van der Waals surface area contributed by atoms with Crippen LogP contribution in [0.4, 0.5) is 0 Å². The van der Waals surface area contributed by atoms with Crippen molar-refractivity contribution in [2.24, 2.45) is 0 Å². The van der Waals surface area contributed by atoms with Gasteiger partial charge < -0.3 is 4.74 Å². The van der Waals surface area contributed by atoms with Crippen molar-refractivity contribution in [1.82, 2.24) is 0 Å². The van der Waals surface area contributed by atoms with Crippen molar-refractivity contribution >= 4 is 26.7 Å². The minimum atomic E-state index is 0.191. The molecular weight excluding hydrogens is 252 g/mol. The highest BCUT2D eigenvalue weighted by Gasteiger charge is 2.04. The molecule has 0 fully saturated rings. The zero-order chi connectivity index (χ0) is 10.7. The minimum absolute atomic E-state index is 0.191. The maximum Gasteiger partial charge on any atom is 0.127 e. The lowest BCUT2D eigenvalue weighted by atomic mass is 10.1. The number of ether oxygens (including phenoxy) is 1. The lowest BCUT2D eigenvalue weighted by molar-refractivity contribution is 0.251. The standard InChI is InChI=1S/C13H13BrO/c1-10(9-14)15-13-8-4-6-11-5-2-3-7-12(11)13/h2-8,10H,9H2,1H3. The molecule has 0 heterocycles. The fraction of sp³-hybridized carbons (Fsp3) is 0.231. The summed E-state index contributed by atoms with van der Waals surface area (Å²) in [6.45, 7) is 2.05. The maximum atomic E-state index is 5.83. The first-order valence-corrected chi connectivity index (χ1v) is 6.14. The van der Waals surface area contributed by atoms with E-state index in [-0.39, 0.29) is 6.10 Å². The van der Waals surface area contributed by atoms with E-state index in [2.05, 4.69) is 41.1 Å². The first-order valence-electron chi connectivity index (χ1n) is 5.01. The Morgan fingerprint density at radius 2 is 1.87 bits per heavy atom. The van der Waals surface area contributed by atoms with Crippen molar-refractivity contribution in [3.63, 3.8) is 0 Å². The summed E-state index contributed by atoms with van der Waals surface area (Å²) in [6.07, 6.45) is 0.191. The van der Waals surface area contributed by atoms with Gasteiger partial charge in [-0.3, -0.25) is 0 Å². The predicted octanol–water partition coefficient (Wildman–Crippen LogP) is 4.00. The largest absolute Gasteiger partial charge is 0.489 e. The topological polar surface area (TPSA) is 9.23 Å². The summed E-state index contributed by atoms with van der Waals surface area (Å²) in [5, 5.41) is 3.24. The first-order chi connectivity index (χ1) is 7.31. The molecule has 0 N–H and O–H groups in total. The highest BCUT2D eigenvalue weighted by Crippen LogP contribution is 2.26. The molecule has 1 atom stereocenters. The van der Waals surface area contributed by atoms with Crippen molar-refractivity contribution in [1.29, 1.82) is 0 Å². The molecule has 0 aliphatic rings. The average Bonchev–Trinajstić information content (AvgIpc) is 2.29. The van der Waals surface area contributed by atoms with Crippen LogP contribution in [0.25, 0.3) is 10.8 Å². The molecule has 0 saturated carbocycles. The van der Waals surface area contributed by atoms with Gasteiger partial charge in [0, 0.05) is 10.7 Å². The molecule has 1 unspecified atom stereocenters. The Bertz CT molecular complexity index is 448. The van der Waals surface area contributed by atoms with Crippen molar-refractivity contribution < 1.29 is 4.74 Å². The Labute approximate surface area is 98.2 Å². The van der Waals surface area contributed by atoms with Gasteiger partial charge in [0.15, 0.2) is 0 Å². The molecular formula is C13H13BrO. The van der Waals surface area contributed by atoms with Gasteiger partial charge in [-0.25, -0.2) is 0 Å². The van der Waals surface area contributed by atoms with E-state index in [9.17, 15) is 0 Å². The van der Waals surface area contributed by atoms with E-state index in [1.54, 1.807) is 0 Å². The van der Waals surface area contributed by atoms with Crippen LogP contribution in [-0.2, 0) is 0 Å². The number of halogens is 1. The SMILES string of the molecule is CC(CBr)Oc1cccc2ccccc12. The van der Waals surface area contributed by atoms with Gasteiger partial charge in [0.1, 0.15) is 11.9 Å². The van der Waals surface area contributed by atoms with E-state index in [4.69, 9.17) is 4.74 Å². The Morgan fingerprint density at radius 3 is 2.67 bits per heavy atom. The van der Waals surface area contributed by atoms with E-state index >= 15 is 0 Å². The van der Waals surface area contributed by atoms with Crippen LogP contribution in [0, 0.1) is 0 Å². The van der Waals surface area contributed by atoms with E-state index < -0.39 is 0 Å². The summed E-state index contributed by atoms with van der Waals surface area (Å²) < 4.78 is 5.83. The molecule has 0 spiro atoms. The van der Waals surface area contributed by atoms with Crippen LogP contribution in [0.3, 0.4) is 0 Å². The first kappa shape index (κ1) is 10.5. The summed E-state index contributed by atoms with van der Waals surface area (Å²) in [6, 6.07) is 14.4. The van der Waals surface area contributed by atoms with Gasteiger partial charge in [-0.2, -0.15) is 0 Å². The molecule has 2 aromatic carbocycles. The van der Waals surface area contributed by atoms with Crippen molar-refractivity contribution in [2.75, 3.05) is 5.33 Å². The molecule has 0 saturated heterocycles. The van der Waals surface area contributed by atoms with Crippen molar-refractivity contribution in [2.45, 2.75) is 13.0 Å². The van der Waals surface area contributed by atoms with Gasteiger partial charge >= 0.3 is 0 Å². The maximum absolute atomic E-state index is 5.83. The number of hydrogen-bond donors (Lipinski definition) is 0. The second-order valence-corrected chi connectivity index (χ2v) is 4.21. The van der Waals surface area contributed by atoms with Gasteiger partial charge in [0.05, 0.1) is 0 Å². The Balaban J connectivity index is 2.42. The fourth-order valence-corrected chi connectivity index (χ4v) is 1.68. The van der Waals surface area contributed by atoms with Crippen LogP contribution in [-0.4, -0.2) is 11.4 Å². The van der Waals surface area contributed by atoms with Gasteiger partial charge in [-0.15, -0.1) is 0 Å². The number of benzene rings is 2. The predicted molar refractivity (Wildman–Crippen MR) is 67.8 cm³/mol. The lowest BCUT2D eigenvalue weighted by Crippen LogP contribution is -2.12. The fourth-order valence-electron chi connectivity index (χ4n) is 1.55.